The predicted molar refractivity (Wildman–Crippen MR) is 83.9 cm³/mol. The number of likely N-dealkylation sites (N-methyl/N-ethyl adjacent to an activating group) is 1. The molecule has 2 aromatic heterocycles. The Balaban J connectivity index is 1.92. The Morgan fingerprint density at radius 3 is 2.70 bits per heavy atom. The second-order valence-corrected chi connectivity index (χ2v) is 6.24. The van der Waals surface area contributed by atoms with Crippen molar-refractivity contribution in [3.8, 4) is 5.82 Å². The van der Waals surface area contributed by atoms with Gasteiger partial charge in [-0.1, -0.05) is 0 Å². The van der Waals surface area contributed by atoms with Crippen molar-refractivity contribution in [2.75, 3.05) is 13.6 Å². The maximum atomic E-state index is 12.9. The zero-order chi connectivity index (χ0) is 17.0. The molecule has 0 unspecified atom stereocenters. The summed E-state index contributed by atoms with van der Waals surface area (Å²) in [6, 6.07) is 4.73. The van der Waals surface area contributed by atoms with E-state index in [4.69, 9.17) is 4.74 Å². The van der Waals surface area contributed by atoms with Gasteiger partial charge in [-0.25, -0.2) is 18.9 Å². The van der Waals surface area contributed by atoms with Gasteiger partial charge in [0.2, 0.25) is 0 Å². The van der Waals surface area contributed by atoms with Crippen LogP contribution in [0.5, 0.6) is 0 Å². The number of ether oxygens (including phenoxy) is 1. The van der Waals surface area contributed by atoms with Crippen molar-refractivity contribution in [3.63, 3.8) is 0 Å². The summed E-state index contributed by atoms with van der Waals surface area (Å²) in [5, 5.41) is 4.37. The van der Waals surface area contributed by atoms with Crippen LogP contribution in [-0.4, -0.2) is 45.0 Å². The van der Waals surface area contributed by atoms with Gasteiger partial charge in [0.25, 0.3) is 0 Å². The van der Waals surface area contributed by atoms with Gasteiger partial charge in [0, 0.05) is 26.2 Å². The van der Waals surface area contributed by atoms with Crippen LogP contribution < -0.4 is 0 Å². The lowest BCUT2D eigenvalue weighted by Crippen LogP contribution is -2.35. The monoisotopic (exact) mass is 320 g/mol. The molecule has 7 heteroatoms. The van der Waals surface area contributed by atoms with Crippen LogP contribution in [0.25, 0.3) is 5.82 Å². The molecule has 0 aliphatic rings. The molecule has 0 spiro atoms. The van der Waals surface area contributed by atoms with Gasteiger partial charge in [-0.15, -0.1) is 0 Å². The highest BCUT2D eigenvalue weighted by atomic mass is 19.1. The van der Waals surface area contributed by atoms with Crippen molar-refractivity contribution < 1.29 is 13.9 Å². The number of nitrogens with zero attached hydrogens (tertiary/aromatic N) is 4. The summed E-state index contributed by atoms with van der Waals surface area (Å²) in [4.78, 5) is 17.4. The molecule has 0 aliphatic heterocycles. The minimum Gasteiger partial charge on any atom is -0.444 e. The van der Waals surface area contributed by atoms with Crippen LogP contribution in [0.15, 0.2) is 30.6 Å². The number of carbonyl (C=O) groups is 1. The number of rotatable bonds is 4. The number of halogens is 1. The second-order valence-electron chi connectivity index (χ2n) is 6.24. The Labute approximate surface area is 134 Å². The van der Waals surface area contributed by atoms with E-state index in [-0.39, 0.29) is 11.9 Å². The molecule has 0 bridgehead atoms. The first kappa shape index (κ1) is 16.9. The van der Waals surface area contributed by atoms with Crippen LogP contribution in [0.4, 0.5) is 9.18 Å². The highest BCUT2D eigenvalue weighted by molar-refractivity contribution is 5.67. The molecule has 0 radical (unpaired) electrons. The Kier molecular flexibility index (Phi) is 4.98. The smallest absolute Gasteiger partial charge is 0.410 e. The number of hydrogen-bond donors (Lipinski definition) is 0. The van der Waals surface area contributed by atoms with Crippen molar-refractivity contribution >= 4 is 6.09 Å². The van der Waals surface area contributed by atoms with E-state index in [0.717, 1.165) is 11.9 Å². The summed E-state index contributed by atoms with van der Waals surface area (Å²) in [5.74, 6) is 0.151. The van der Waals surface area contributed by atoms with Gasteiger partial charge in [0.15, 0.2) is 5.82 Å². The first-order valence-corrected chi connectivity index (χ1v) is 7.35. The summed E-state index contributed by atoms with van der Waals surface area (Å²) in [7, 11) is 1.69. The van der Waals surface area contributed by atoms with Crippen molar-refractivity contribution in [1.29, 1.82) is 0 Å². The number of pyridine rings is 1. The van der Waals surface area contributed by atoms with E-state index in [1.54, 1.807) is 24.0 Å². The molecule has 0 saturated carbocycles. The lowest BCUT2D eigenvalue weighted by molar-refractivity contribution is 0.0300. The first-order chi connectivity index (χ1) is 10.7. The average molecular weight is 320 g/mol. The Bertz CT molecular complexity index is 661. The molecule has 23 heavy (non-hydrogen) atoms. The van der Waals surface area contributed by atoms with E-state index < -0.39 is 5.60 Å². The maximum Gasteiger partial charge on any atom is 0.410 e. The van der Waals surface area contributed by atoms with Crippen LogP contribution in [-0.2, 0) is 11.2 Å². The van der Waals surface area contributed by atoms with E-state index in [9.17, 15) is 9.18 Å². The van der Waals surface area contributed by atoms with Gasteiger partial charge in [-0.3, -0.25) is 0 Å². The minimum absolute atomic E-state index is 0.364. The summed E-state index contributed by atoms with van der Waals surface area (Å²) in [6.45, 7) is 5.98. The maximum absolute atomic E-state index is 12.9. The molecule has 0 saturated heterocycles. The molecule has 0 atom stereocenters. The third-order valence-corrected chi connectivity index (χ3v) is 3.00. The van der Waals surface area contributed by atoms with Crippen LogP contribution in [0, 0.1) is 5.82 Å². The van der Waals surface area contributed by atoms with Gasteiger partial charge >= 0.3 is 6.09 Å². The molecule has 0 aromatic carbocycles. The molecule has 2 heterocycles. The van der Waals surface area contributed by atoms with E-state index in [1.165, 1.54) is 11.0 Å². The quantitative estimate of drug-likeness (QED) is 0.869. The standard InChI is InChI=1S/C16H21FN4O2/c1-16(2,3)23-15(22)20(4)9-7-13-8-10-21(19-13)14-6-5-12(17)11-18-14/h5-6,8,10-11H,7,9H2,1-4H3. The molecule has 2 rings (SSSR count). The van der Waals surface area contributed by atoms with Gasteiger partial charge < -0.3 is 9.64 Å². The van der Waals surface area contributed by atoms with Crippen LogP contribution in [0.1, 0.15) is 26.5 Å². The van der Waals surface area contributed by atoms with Gasteiger partial charge in [0.1, 0.15) is 11.4 Å². The normalized spacial score (nSPS) is 11.3. The molecule has 0 fully saturated rings. The molecule has 0 aliphatic carbocycles. The molecule has 1 amide bonds. The zero-order valence-corrected chi connectivity index (χ0v) is 13.8. The molecular weight excluding hydrogens is 299 g/mol. The third kappa shape index (κ3) is 5.05. The SMILES string of the molecule is CN(CCc1ccn(-c2ccc(F)cn2)n1)C(=O)OC(C)(C)C. The largest absolute Gasteiger partial charge is 0.444 e. The summed E-state index contributed by atoms with van der Waals surface area (Å²) in [5.41, 5.74) is 0.299. The number of amides is 1. The number of hydrogen-bond acceptors (Lipinski definition) is 4. The molecule has 2 aromatic rings. The summed E-state index contributed by atoms with van der Waals surface area (Å²) < 4.78 is 19.7. The first-order valence-electron chi connectivity index (χ1n) is 7.35. The van der Waals surface area contributed by atoms with Crippen LogP contribution in [0.3, 0.4) is 0 Å². The lowest BCUT2D eigenvalue weighted by atomic mass is 10.2. The highest BCUT2D eigenvalue weighted by Crippen LogP contribution is 2.10. The Hall–Kier alpha value is -2.44. The topological polar surface area (TPSA) is 60.2 Å². The molecule has 6 nitrogen and oxygen atoms in total. The molecular formula is C16H21FN4O2. The highest BCUT2D eigenvalue weighted by Gasteiger charge is 2.19. The molecule has 124 valence electrons. The summed E-state index contributed by atoms with van der Waals surface area (Å²) in [6.07, 6.45) is 3.12. The Morgan fingerprint density at radius 2 is 2.09 bits per heavy atom. The van der Waals surface area contributed by atoms with E-state index in [2.05, 4.69) is 10.1 Å². The minimum atomic E-state index is -0.513. The van der Waals surface area contributed by atoms with E-state index in [0.29, 0.717) is 18.8 Å². The summed E-state index contributed by atoms with van der Waals surface area (Å²) >= 11 is 0. The van der Waals surface area contributed by atoms with Crippen LogP contribution >= 0.6 is 0 Å². The average Bonchev–Trinajstić information content (AvgIpc) is 2.92. The van der Waals surface area contributed by atoms with E-state index in [1.807, 2.05) is 26.8 Å². The van der Waals surface area contributed by atoms with Gasteiger partial charge in [0.05, 0.1) is 11.9 Å². The fourth-order valence-corrected chi connectivity index (χ4v) is 1.84. The van der Waals surface area contributed by atoms with Crippen molar-refractivity contribution in [2.24, 2.45) is 0 Å². The zero-order valence-electron chi connectivity index (χ0n) is 13.8. The fourth-order valence-electron chi connectivity index (χ4n) is 1.84. The lowest BCUT2D eigenvalue weighted by Gasteiger charge is -2.24. The Morgan fingerprint density at radius 1 is 1.35 bits per heavy atom. The fraction of sp³-hybridized carbons (Fsp3) is 0.438. The van der Waals surface area contributed by atoms with Crippen molar-refractivity contribution in [3.05, 3.63) is 42.1 Å². The van der Waals surface area contributed by atoms with Crippen molar-refractivity contribution in [2.45, 2.75) is 32.8 Å². The van der Waals surface area contributed by atoms with Crippen LogP contribution in [0.2, 0.25) is 0 Å². The van der Waals surface area contributed by atoms with Crippen molar-refractivity contribution in [1.82, 2.24) is 19.7 Å². The van der Waals surface area contributed by atoms with E-state index >= 15 is 0 Å². The number of aromatic nitrogens is 3. The van der Waals surface area contributed by atoms with Gasteiger partial charge in [-0.2, -0.15) is 5.10 Å². The third-order valence-electron chi connectivity index (χ3n) is 3.00. The second kappa shape index (κ2) is 6.76. The van der Waals surface area contributed by atoms with Gasteiger partial charge in [-0.05, 0) is 39.0 Å². The predicted octanol–water partition coefficient (Wildman–Crippen LogP) is 2.82. The number of carbonyl (C=O) groups excluding carboxylic acids is 1. The molecule has 0 N–H and O–H groups in total.